The fraction of sp³-hybridized carbons (Fsp3) is 0.529. The molecule has 84 heavy (non-hydrogen) atoms. The monoisotopic (exact) mass is 1190 g/mol. The van der Waals surface area contributed by atoms with Crippen molar-refractivity contribution in [1.29, 1.82) is 0 Å². The smallest absolute Gasteiger partial charge is 0.328 e. The number of nitrogens with one attached hydrogen (secondary N) is 8. The van der Waals surface area contributed by atoms with E-state index in [1.807, 2.05) is 0 Å². The zero-order valence-corrected chi connectivity index (χ0v) is 45.8. The van der Waals surface area contributed by atoms with E-state index in [9.17, 15) is 98.1 Å². The summed E-state index contributed by atoms with van der Waals surface area (Å²) in [5.41, 5.74) is -2.34. The molecule has 33 nitrogen and oxygen atoms in total. The van der Waals surface area contributed by atoms with E-state index in [1.54, 1.807) is 49.9 Å². The first-order chi connectivity index (χ1) is 39.9. The third-order valence-corrected chi connectivity index (χ3v) is 13.4. The molecule has 2 heterocycles. The molecule has 0 aliphatic carbocycles. The molecule has 0 bridgehead atoms. The number of benzene rings is 1. The average molecular weight is 1190 g/mol. The number of hydrogen-bond acceptors (Lipinski definition) is 22. The molecule has 2 aromatic carbocycles. The Morgan fingerprint density at radius 2 is 1.12 bits per heavy atom. The lowest BCUT2D eigenvalue weighted by Crippen LogP contribution is -2.60. The minimum atomic E-state index is -1.81. The maximum absolute atomic E-state index is 13.8. The van der Waals surface area contributed by atoms with Gasteiger partial charge in [0, 0.05) is 77.9 Å². The number of carbonyl (C=O) groups excluding carboxylic acids is 6. The maximum atomic E-state index is 13.8. The van der Waals surface area contributed by atoms with Crippen LogP contribution in [0.4, 0.5) is 11.4 Å². The zero-order valence-electron chi connectivity index (χ0n) is 45.8. The summed E-state index contributed by atoms with van der Waals surface area (Å²) in [4.78, 5) is 178. The number of imidazole rings is 1. The molecule has 7 atom stereocenters. The maximum Gasteiger partial charge on any atom is 0.328 e. The number of aldehydes is 1. The van der Waals surface area contributed by atoms with Crippen molar-refractivity contribution in [3.05, 3.63) is 74.6 Å². The van der Waals surface area contributed by atoms with Crippen molar-refractivity contribution in [2.24, 2.45) is 0 Å². The second kappa shape index (κ2) is 34.0. The number of anilines is 2. The van der Waals surface area contributed by atoms with Gasteiger partial charge >= 0.3 is 29.8 Å². The minimum absolute atomic E-state index is 0.0332. The number of aliphatic hydroxyl groups is 2. The van der Waals surface area contributed by atoms with Crippen LogP contribution in [0.1, 0.15) is 37.4 Å². The van der Waals surface area contributed by atoms with Crippen LogP contribution in [0.15, 0.2) is 52.4 Å². The van der Waals surface area contributed by atoms with Gasteiger partial charge in [-0.15, -0.1) is 0 Å². The number of carboxylic acid groups (broad SMARTS) is 5. The third-order valence-electron chi connectivity index (χ3n) is 13.4. The number of hydrogen-bond donors (Lipinski definition) is 15. The van der Waals surface area contributed by atoms with Crippen LogP contribution in [0.3, 0.4) is 0 Å². The number of aromatic nitrogens is 2. The van der Waals surface area contributed by atoms with Crippen molar-refractivity contribution in [2.45, 2.75) is 81.3 Å². The van der Waals surface area contributed by atoms with E-state index in [1.165, 1.54) is 12.5 Å². The molecule has 3 aromatic rings. The van der Waals surface area contributed by atoms with Crippen molar-refractivity contribution in [3.63, 3.8) is 0 Å². The average Bonchev–Trinajstić information content (AvgIpc) is 2.38. The van der Waals surface area contributed by atoms with Crippen molar-refractivity contribution >= 4 is 77.0 Å². The van der Waals surface area contributed by atoms with E-state index in [2.05, 4.69) is 47.2 Å². The Labute approximate surface area is 478 Å². The van der Waals surface area contributed by atoms with Gasteiger partial charge in [0.15, 0.2) is 0 Å². The first-order valence-electron chi connectivity index (χ1n) is 26.5. The fourth-order valence-corrected chi connectivity index (χ4v) is 8.83. The standard InChI is InChI=1S/C51H71N13O20/c1-29(45(76)57-33(21-31-23-52-28-54-31)48(79)59-35(26-66)49(80)58-32(20-30-6-3-2-4-7-30)47(78)60-36(27-67)50(81)82)55-46(77)34(22-38(68)69)56-42-41(43(74)44(42)75)53-9-5-8-37(51(83)84)64-16-14-61(18-19-65)10-11-62(24-39(70)71)12-13-63(15-17-64)25-40(72)73/h2-4,6-7,19,23,28-29,32-37,53,56,66-67H,5,8-18,20-22,24-27H2,1H3,(H,52,54)(H,55,77)(H,57,76)(H,58,80)(H,59,79)(H,60,78)(H,68,69)(H,70,71)(H,72,73)(H,81,82)(H,83,84)/t29-,32-,33-,34-,35-,36-,37?/m0/s1. The molecule has 1 aromatic heterocycles. The summed E-state index contributed by atoms with van der Waals surface area (Å²) in [6, 6.07) is -3.07. The molecule has 1 aliphatic rings. The number of aliphatic hydroxyl groups excluding tert-OH is 2. The Bertz CT molecular complexity index is 2820. The van der Waals surface area contributed by atoms with Crippen LogP contribution in [0.25, 0.3) is 0 Å². The van der Waals surface area contributed by atoms with Gasteiger partial charge in [0.2, 0.25) is 29.5 Å². The summed E-state index contributed by atoms with van der Waals surface area (Å²) in [5.74, 6) is -12.1. The van der Waals surface area contributed by atoms with E-state index in [-0.39, 0.29) is 109 Å². The minimum Gasteiger partial charge on any atom is -0.481 e. The van der Waals surface area contributed by atoms with Crippen LogP contribution >= 0.6 is 0 Å². The van der Waals surface area contributed by atoms with E-state index in [4.69, 9.17) is 0 Å². The summed E-state index contributed by atoms with van der Waals surface area (Å²) in [6.07, 6.45) is 1.69. The summed E-state index contributed by atoms with van der Waals surface area (Å²) in [5, 5.41) is 84.9. The summed E-state index contributed by atoms with van der Waals surface area (Å²) in [7, 11) is 0. The van der Waals surface area contributed by atoms with Crippen LogP contribution in [0, 0.1) is 0 Å². The topological polar surface area (TPSA) is 489 Å². The third kappa shape index (κ3) is 21.9. The molecule has 15 N–H and O–H groups in total. The molecule has 5 amide bonds. The van der Waals surface area contributed by atoms with Crippen molar-refractivity contribution in [1.82, 2.24) is 56.2 Å². The fourth-order valence-electron chi connectivity index (χ4n) is 8.83. The number of rotatable bonds is 34. The molecule has 1 saturated heterocycles. The van der Waals surface area contributed by atoms with Gasteiger partial charge in [-0.05, 0) is 25.3 Å². The Morgan fingerprint density at radius 3 is 1.65 bits per heavy atom. The number of aromatic amines is 1. The highest BCUT2D eigenvalue weighted by Gasteiger charge is 2.35. The number of carbonyl (C=O) groups is 11. The predicted octanol–water partition coefficient (Wildman–Crippen LogP) is -6.51. The Balaban J connectivity index is 1.43. The molecular weight excluding hydrogens is 1110 g/mol. The van der Waals surface area contributed by atoms with Crippen LogP contribution in [-0.2, 0) is 65.6 Å². The van der Waals surface area contributed by atoms with E-state index in [0.717, 1.165) is 6.92 Å². The van der Waals surface area contributed by atoms with Gasteiger partial charge in [-0.2, -0.15) is 0 Å². The summed E-state index contributed by atoms with van der Waals surface area (Å²) >= 11 is 0. The Morgan fingerprint density at radius 1 is 0.607 bits per heavy atom. The van der Waals surface area contributed by atoms with Gasteiger partial charge in [0.25, 0.3) is 10.9 Å². The predicted molar refractivity (Wildman–Crippen MR) is 292 cm³/mol. The van der Waals surface area contributed by atoms with E-state index < -0.39 is 144 Å². The highest BCUT2D eigenvalue weighted by Crippen LogP contribution is 2.18. The number of H-pyrrole nitrogens is 1. The molecular formula is C51H71N13O20. The lowest BCUT2D eigenvalue weighted by molar-refractivity contribution is -0.144. The summed E-state index contributed by atoms with van der Waals surface area (Å²) in [6.45, 7) is -0.637. The molecule has 4 rings (SSSR count). The molecule has 0 radical (unpaired) electrons. The van der Waals surface area contributed by atoms with Gasteiger partial charge in [-0.1, -0.05) is 30.3 Å². The van der Waals surface area contributed by atoms with Crippen molar-refractivity contribution in [2.75, 3.05) is 102 Å². The van der Waals surface area contributed by atoms with Crippen molar-refractivity contribution in [3.8, 4) is 0 Å². The normalized spacial score (nSPS) is 16.5. The first kappa shape index (κ1) is 67.7. The SMILES string of the molecule is C[C@H](NC(=O)[C@H](CC(=O)O)Nc1c(NCCCC(C(=O)O)N2CCN(CC=O)CCN(CC(=O)O)CCN(CC(=O)O)CC2)c(=O)c1=O)C(=O)N[C@@H](Cc1c[nH]cn1)C(=O)N[C@@H](CO)C(=O)N[C@@H](Cc1ccccc1)C(=O)N[C@@H](CO)C(=O)O. The molecule has 0 spiro atoms. The second-order valence-electron chi connectivity index (χ2n) is 19.6. The molecule has 1 fully saturated rings. The highest BCUT2D eigenvalue weighted by atomic mass is 16.4. The molecule has 33 heteroatoms. The van der Waals surface area contributed by atoms with E-state index in [0.29, 0.717) is 11.8 Å². The largest absolute Gasteiger partial charge is 0.481 e. The van der Waals surface area contributed by atoms with E-state index >= 15 is 0 Å². The highest BCUT2D eigenvalue weighted by molar-refractivity contribution is 5.97. The second-order valence-corrected chi connectivity index (χ2v) is 19.6. The van der Waals surface area contributed by atoms with Crippen LogP contribution < -0.4 is 48.1 Å². The van der Waals surface area contributed by atoms with Crippen LogP contribution in [0.5, 0.6) is 0 Å². The Kier molecular flexibility index (Phi) is 27.4. The lowest BCUT2D eigenvalue weighted by atomic mass is 10.0. The number of aliphatic carboxylic acids is 5. The number of carboxylic acids is 5. The van der Waals surface area contributed by atoms with Gasteiger partial charge in [0.05, 0.1) is 51.3 Å². The lowest BCUT2D eigenvalue weighted by Gasteiger charge is -2.35. The molecule has 460 valence electrons. The molecule has 1 aliphatic heterocycles. The van der Waals surface area contributed by atoms with Crippen LogP contribution in [-0.4, -0.2) is 265 Å². The number of nitrogens with zero attached hydrogens (tertiary/aromatic N) is 5. The molecule has 0 saturated carbocycles. The van der Waals surface area contributed by atoms with Gasteiger partial charge in [-0.3, -0.25) is 72.3 Å². The summed E-state index contributed by atoms with van der Waals surface area (Å²) < 4.78 is 0. The van der Waals surface area contributed by atoms with Gasteiger partial charge in [0.1, 0.15) is 60.0 Å². The van der Waals surface area contributed by atoms with Gasteiger partial charge in [-0.25, -0.2) is 9.78 Å². The van der Waals surface area contributed by atoms with Crippen LogP contribution in [0.2, 0.25) is 0 Å². The van der Waals surface area contributed by atoms with Gasteiger partial charge < -0.3 is 82.7 Å². The quantitative estimate of drug-likeness (QED) is 0.0150. The first-order valence-corrected chi connectivity index (χ1v) is 26.5. The Hall–Kier alpha value is -8.76. The zero-order chi connectivity index (χ0) is 62.0. The number of amides is 5. The van der Waals surface area contributed by atoms with Crippen molar-refractivity contribution < 1.29 is 88.5 Å². The molecule has 1 unspecified atom stereocenters.